The van der Waals surface area contributed by atoms with E-state index in [1.165, 1.54) is 0 Å². The molecule has 2 amide bonds. The van der Waals surface area contributed by atoms with Gasteiger partial charge >= 0.3 is 0 Å². The average molecular weight is 367 g/mol. The van der Waals surface area contributed by atoms with Crippen LogP contribution in [0.3, 0.4) is 0 Å². The van der Waals surface area contributed by atoms with Crippen molar-refractivity contribution in [2.45, 2.75) is 25.5 Å². The second kappa shape index (κ2) is 9.85. The maximum Gasteiger partial charge on any atom is 0.253 e. The average Bonchev–Trinajstić information content (AvgIpc) is 3.21. The molecule has 3 N–H and O–H groups in total. The van der Waals surface area contributed by atoms with Gasteiger partial charge in [0.15, 0.2) is 0 Å². The van der Waals surface area contributed by atoms with Crippen molar-refractivity contribution in [2.75, 3.05) is 25.0 Å². The van der Waals surface area contributed by atoms with E-state index in [2.05, 4.69) is 16.0 Å². The Hall–Kier alpha value is -2.70. The van der Waals surface area contributed by atoms with E-state index in [9.17, 15) is 9.59 Å². The van der Waals surface area contributed by atoms with Gasteiger partial charge in [-0.1, -0.05) is 42.5 Å². The first-order valence-corrected chi connectivity index (χ1v) is 9.25. The molecule has 0 aromatic heterocycles. The first-order chi connectivity index (χ1) is 13.2. The van der Waals surface area contributed by atoms with Gasteiger partial charge in [0, 0.05) is 19.7 Å². The second-order valence-electron chi connectivity index (χ2n) is 6.53. The van der Waals surface area contributed by atoms with Gasteiger partial charge in [0.1, 0.15) is 0 Å². The molecule has 6 heteroatoms. The summed E-state index contributed by atoms with van der Waals surface area (Å²) < 4.78 is 5.52. The molecular formula is C21H25N3O3. The van der Waals surface area contributed by atoms with Crippen molar-refractivity contribution in [1.29, 1.82) is 0 Å². The summed E-state index contributed by atoms with van der Waals surface area (Å²) in [6, 6.07) is 16.7. The Kier molecular flexibility index (Phi) is 6.96. The standard InChI is InChI=1S/C21H25N3O3/c25-20(15-22-14-17-9-6-12-27-17)24-19-11-5-4-10-18(19)21(26)23-13-16-7-2-1-3-8-16/h1-5,7-8,10-11,17,22H,6,9,12-15H2,(H,23,26)(H,24,25). The summed E-state index contributed by atoms with van der Waals surface area (Å²) in [7, 11) is 0. The molecule has 27 heavy (non-hydrogen) atoms. The second-order valence-corrected chi connectivity index (χ2v) is 6.53. The van der Waals surface area contributed by atoms with Crippen LogP contribution < -0.4 is 16.0 Å². The number of nitrogens with one attached hydrogen (secondary N) is 3. The summed E-state index contributed by atoms with van der Waals surface area (Å²) in [6.07, 6.45) is 2.29. The molecule has 1 saturated heterocycles. The van der Waals surface area contributed by atoms with Crippen LogP contribution in [0.1, 0.15) is 28.8 Å². The minimum atomic E-state index is -0.220. The first kappa shape index (κ1) is 19.1. The van der Waals surface area contributed by atoms with Crippen molar-refractivity contribution in [3.63, 3.8) is 0 Å². The van der Waals surface area contributed by atoms with Crippen LogP contribution in [0.5, 0.6) is 0 Å². The van der Waals surface area contributed by atoms with Gasteiger partial charge in [0.05, 0.1) is 23.9 Å². The van der Waals surface area contributed by atoms with E-state index in [1.54, 1.807) is 24.3 Å². The third-order valence-electron chi connectivity index (χ3n) is 4.42. The normalized spacial score (nSPS) is 16.1. The van der Waals surface area contributed by atoms with E-state index in [4.69, 9.17) is 4.74 Å². The zero-order valence-electron chi connectivity index (χ0n) is 15.2. The summed E-state index contributed by atoms with van der Waals surface area (Å²) in [6.45, 7) is 2.07. The highest BCUT2D eigenvalue weighted by Gasteiger charge is 2.16. The Morgan fingerprint density at radius 3 is 2.59 bits per heavy atom. The summed E-state index contributed by atoms with van der Waals surface area (Å²) in [5.74, 6) is -0.404. The van der Waals surface area contributed by atoms with E-state index >= 15 is 0 Å². The molecule has 1 fully saturated rings. The van der Waals surface area contributed by atoms with E-state index in [0.717, 1.165) is 25.0 Å². The molecule has 0 radical (unpaired) electrons. The number of hydrogen-bond donors (Lipinski definition) is 3. The lowest BCUT2D eigenvalue weighted by Gasteiger charge is -2.13. The van der Waals surface area contributed by atoms with Gasteiger partial charge in [-0.25, -0.2) is 0 Å². The molecule has 0 saturated carbocycles. The van der Waals surface area contributed by atoms with E-state index < -0.39 is 0 Å². The smallest absolute Gasteiger partial charge is 0.253 e. The predicted molar refractivity (Wildman–Crippen MR) is 105 cm³/mol. The third-order valence-corrected chi connectivity index (χ3v) is 4.42. The van der Waals surface area contributed by atoms with Crippen molar-refractivity contribution in [2.24, 2.45) is 0 Å². The lowest BCUT2D eigenvalue weighted by atomic mass is 10.1. The fourth-order valence-electron chi connectivity index (χ4n) is 3.01. The maximum atomic E-state index is 12.5. The molecule has 0 spiro atoms. The minimum absolute atomic E-state index is 0.180. The highest BCUT2D eigenvalue weighted by Crippen LogP contribution is 2.15. The van der Waals surface area contributed by atoms with E-state index in [0.29, 0.717) is 24.3 Å². The molecule has 1 heterocycles. The molecule has 1 unspecified atom stereocenters. The monoisotopic (exact) mass is 367 g/mol. The van der Waals surface area contributed by atoms with E-state index in [1.807, 2.05) is 30.3 Å². The van der Waals surface area contributed by atoms with Crippen LogP contribution in [0, 0.1) is 0 Å². The molecule has 0 aliphatic carbocycles. The number of rotatable bonds is 8. The Bertz CT molecular complexity index is 758. The largest absolute Gasteiger partial charge is 0.377 e. The fraction of sp³-hybridized carbons (Fsp3) is 0.333. The van der Waals surface area contributed by atoms with Crippen LogP contribution in [0.15, 0.2) is 54.6 Å². The van der Waals surface area contributed by atoms with Gasteiger partial charge in [0.25, 0.3) is 5.91 Å². The number of carbonyl (C=O) groups excluding carboxylic acids is 2. The maximum absolute atomic E-state index is 12.5. The van der Waals surface area contributed by atoms with Crippen molar-refractivity contribution < 1.29 is 14.3 Å². The Balaban J connectivity index is 1.51. The lowest BCUT2D eigenvalue weighted by molar-refractivity contribution is -0.115. The molecule has 0 bridgehead atoms. The highest BCUT2D eigenvalue weighted by molar-refractivity contribution is 6.04. The quantitative estimate of drug-likeness (QED) is 0.669. The van der Waals surface area contributed by atoms with Crippen molar-refractivity contribution in [1.82, 2.24) is 10.6 Å². The molecule has 6 nitrogen and oxygen atoms in total. The van der Waals surface area contributed by atoms with Crippen LogP contribution in [0.2, 0.25) is 0 Å². The number of benzene rings is 2. The van der Waals surface area contributed by atoms with Crippen LogP contribution in [0.25, 0.3) is 0 Å². The summed E-state index contributed by atoms with van der Waals surface area (Å²) in [4.78, 5) is 24.7. The Labute approximate surface area is 159 Å². The van der Waals surface area contributed by atoms with Crippen LogP contribution in [0.4, 0.5) is 5.69 Å². The van der Waals surface area contributed by atoms with Crippen LogP contribution in [-0.4, -0.2) is 37.6 Å². The molecule has 3 rings (SSSR count). The number of carbonyl (C=O) groups is 2. The lowest BCUT2D eigenvalue weighted by Crippen LogP contribution is -2.34. The minimum Gasteiger partial charge on any atom is -0.377 e. The number of para-hydroxylation sites is 1. The molecule has 2 aromatic carbocycles. The highest BCUT2D eigenvalue weighted by atomic mass is 16.5. The molecule has 2 aromatic rings. The van der Waals surface area contributed by atoms with E-state index in [-0.39, 0.29) is 24.5 Å². The summed E-state index contributed by atoms with van der Waals surface area (Å²) in [5.41, 5.74) is 1.97. The SMILES string of the molecule is O=C(CNCC1CCCO1)Nc1ccccc1C(=O)NCc1ccccc1. The van der Waals surface area contributed by atoms with Crippen LogP contribution in [-0.2, 0) is 16.1 Å². The topological polar surface area (TPSA) is 79.5 Å². The zero-order chi connectivity index (χ0) is 18.9. The van der Waals surface area contributed by atoms with Gasteiger partial charge in [-0.05, 0) is 30.5 Å². The first-order valence-electron chi connectivity index (χ1n) is 9.25. The Morgan fingerprint density at radius 1 is 1.04 bits per heavy atom. The third kappa shape index (κ3) is 5.91. The van der Waals surface area contributed by atoms with Crippen molar-refractivity contribution >= 4 is 17.5 Å². The summed E-state index contributed by atoms with van der Waals surface area (Å²) in [5, 5.41) is 8.80. The molecule has 142 valence electrons. The summed E-state index contributed by atoms with van der Waals surface area (Å²) >= 11 is 0. The van der Waals surface area contributed by atoms with Crippen molar-refractivity contribution in [3.05, 3.63) is 65.7 Å². The molecule has 1 aliphatic heterocycles. The number of hydrogen-bond acceptors (Lipinski definition) is 4. The molecular weight excluding hydrogens is 342 g/mol. The van der Waals surface area contributed by atoms with Gasteiger partial charge in [0.2, 0.25) is 5.91 Å². The number of amides is 2. The fourth-order valence-corrected chi connectivity index (χ4v) is 3.01. The van der Waals surface area contributed by atoms with Gasteiger partial charge in [-0.2, -0.15) is 0 Å². The molecule has 1 atom stereocenters. The number of anilines is 1. The van der Waals surface area contributed by atoms with Crippen LogP contribution >= 0.6 is 0 Å². The van der Waals surface area contributed by atoms with Gasteiger partial charge in [-0.3, -0.25) is 9.59 Å². The predicted octanol–water partition coefficient (Wildman–Crippen LogP) is 2.32. The van der Waals surface area contributed by atoms with Gasteiger partial charge < -0.3 is 20.7 Å². The van der Waals surface area contributed by atoms with Crippen molar-refractivity contribution in [3.8, 4) is 0 Å². The molecule has 1 aliphatic rings. The van der Waals surface area contributed by atoms with Gasteiger partial charge in [-0.15, -0.1) is 0 Å². The zero-order valence-corrected chi connectivity index (χ0v) is 15.2. The number of ether oxygens (including phenoxy) is 1. The Morgan fingerprint density at radius 2 is 1.81 bits per heavy atom.